The lowest BCUT2D eigenvalue weighted by Gasteiger charge is -2.08. The van der Waals surface area contributed by atoms with Gasteiger partial charge in [0.2, 0.25) is 0 Å². The number of carbonyl (C=O) groups excluding carboxylic acids is 1. The van der Waals surface area contributed by atoms with Gasteiger partial charge in [0.1, 0.15) is 6.29 Å². The fourth-order valence-electron chi connectivity index (χ4n) is 3.28. The Morgan fingerprint density at radius 3 is 1.92 bits per heavy atom. The molecule has 3 rings (SSSR count). The van der Waals surface area contributed by atoms with Gasteiger partial charge in [-0.2, -0.15) is 0 Å². The summed E-state index contributed by atoms with van der Waals surface area (Å²) in [6.07, 6.45) is 14.2. The molecule has 1 aliphatic rings. The van der Waals surface area contributed by atoms with Crippen LogP contribution in [0.4, 0.5) is 0 Å². The Hall–Kier alpha value is -2.41. The first-order valence-electron chi connectivity index (χ1n) is 8.75. The number of aldehydes is 1. The van der Waals surface area contributed by atoms with Crippen LogP contribution in [0.15, 0.2) is 72.8 Å². The van der Waals surface area contributed by atoms with Gasteiger partial charge < -0.3 is 4.79 Å². The summed E-state index contributed by atoms with van der Waals surface area (Å²) < 4.78 is 0. The van der Waals surface area contributed by atoms with Crippen molar-refractivity contribution in [1.82, 2.24) is 0 Å². The van der Waals surface area contributed by atoms with Gasteiger partial charge in [-0.05, 0) is 36.3 Å². The van der Waals surface area contributed by atoms with Gasteiger partial charge in [-0.15, -0.1) is 0 Å². The van der Waals surface area contributed by atoms with Crippen LogP contribution in [-0.2, 0) is 4.79 Å². The maximum Gasteiger partial charge on any atom is 0.119 e. The van der Waals surface area contributed by atoms with E-state index in [4.69, 9.17) is 0 Å². The Morgan fingerprint density at radius 2 is 1.42 bits per heavy atom. The fraction of sp³-hybridized carbons (Fsp3) is 0.261. The normalized spacial score (nSPS) is 18.9. The van der Waals surface area contributed by atoms with Crippen molar-refractivity contribution in [3.8, 4) is 0 Å². The van der Waals surface area contributed by atoms with E-state index in [9.17, 15) is 4.79 Å². The average molecular weight is 316 g/mol. The molecule has 0 aromatic heterocycles. The third-order valence-electron chi connectivity index (χ3n) is 4.85. The number of unbranched alkanes of at least 4 members (excludes halogenated alkanes) is 1. The van der Waals surface area contributed by atoms with Crippen LogP contribution in [0.5, 0.6) is 0 Å². The van der Waals surface area contributed by atoms with Crippen molar-refractivity contribution in [3.63, 3.8) is 0 Å². The minimum absolute atomic E-state index is 0.147. The van der Waals surface area contributed by atoms with Gasteiger partial charge in [0.05, 0.1) is 0 Å². The van der Waals surface area contributed by atoms with E-state index in [2.05, 4.69) is 72.8 Å². The Balaban J connectivity index is 1.74. The molecule has 1 unspecified atom stereocenters. The summed E-state index contributed by atoms with van der Waals surface area (Å²) in [6, 6.07) is 20.9. The first-order valence-corrected chi connectivity index (χ1v) is 8.75. The highest BCUT2D eigenvalue weighted by atomic mass is 16.1. The molecule has 0 heterocycles. The van der Waals surface area contributed by atoms with Gasteiger partial charge in [-0.3, -0.25) is 0 Å². The van der Waals surface area contributed by atoms with E-state index < -0.39 is 0 Å². The fourth-order valence-corrected chi connectivity index (χ4v) is 3.28. The minimum atomic E-state index is 0.147. The van der Waals surface area contributed by atoms with E-state index in [1.807, 2.05) is 12.1 Å². The molecular formula is C23H24O. The largest absolute Gasteiger partial charge is 0.303 e. The summed E-state index contributed by atoms with van der Waals surface area (Å²) in [6.45, 7) is 0. The molecule has 1 fully saturated rings. The van der Waals surface area contributed by atoms with E-state index in [-0.39, 0.29) is 5.41 Å². The van der Waals surface area contributed by atoms with E-state index in [1.54, 1.807) is 0 Å². The molecule has 0 aliphatic heterocycles. The van der Waals surface area contributed by atoms with Crippen molar-refractivity contribution in [2.24, 2.45) is 11.3 Å². The van der Waals surface area contributed by atoms with Crippen molar-refractivity contribution >= 4 is 18.4 Å². The minimum Gasteiger partial charge on any atom is -0.303 e. The quantitative estimate of drug-likeness (QED) is 0.445. The van der Waals surface area contributed by atoms with Gasteiger partial charge >= 0.3 is 0 Å². The molecule has 1 aliphatic carbocycles. The molecular weight excluding hydrogens is 292 g/mol. The lowest BCUT2D eigenvalue weighted by molar-refractivity contribution is -0.107. The highest BCUT2D eigenvalue weighted by Crippen LogP contribution is 2.58. The Labute approximate surface area is 144 Å². The zero-order valence-electron chi connectivity index (χ0n) is 14.0. The summed E-state index contributed by atoms with van der Waals surface area (Å²) in [5.41, 5.74) is 2.63. The van der Waals surface area contributed by atoms with E-state index >= 15 is 0 Å². The number of hydrogen-bond acceptors (Lipinski definition) is 1. The van der Waals surface area contributed by atoms with Gasteiger partial charge in [0.15, 0.2) is 0 Å². The van der Waals surface area contributed by atoms with Gasteiger partial charge in [0, 0.05) is 11.8 Å². The number of allylic oxidation sites excluding steroid dienone is 2. The molecule has 0 amide bonds. The van der Waals surface area contributed by atoms with E-state index in [1.165, 1.54) is 17.5 Å². The molecule has 0 N–H and O–H groups in total. The van der Waals surface area contributed by atoms with Crippen LogP contribution >= 0.6 is 0 Å². The molecule has 0 bridgehead atoms. The van der Waals surface area contributed by atoms with Crippen molar-refractivity contribution in [1.29, 1.82) is 0 Å². The summed E-state index contributed by atoms with van der Waals surface area (Å²) in [5.74, 6) is 0.650. The lowest BCUT2D eigenvalue weighted by Crippen LogP contribution is -1.96. The van der Waals surface area contributed by atoms with Crippen molar-refractivity contribution < 1.29 is 4.79 Å². The predicted molar refractivity (Wildman–Crippen MR) is 101 cm³/mol. The first-order chi connectivity index (χ1) is 11.8. The zero-order valence-corrected chi connectivity index (χ0v) is 14.0. The van der Waals surface area contributed by atoms with Crippen LogP contribution in [0.1, 0.15) is 36.8 Å². The van der Waals surface area contributed by atoms with Crippen LogP contribution < -0.4 is 0 Å². The van der Waals surface area contributed by atoms with Crippen LogP contribution in [-0.4, -0.2) is 6.29 Å². The number of hydrogen-bond donors (Lipinski definition) is 0. The number of carbonyl (C=O) groups is 1. The van der Waals surface area contributed by atoms with Crippen molar-refractivity contribution in [2.45, 2.75) is 25.7 Å². The number of rotatable bonds is 8. The lowest BCUT2D eigenvalue weighted by atomic mass is 9.97. The molecule has 1 nitrogen and oxygen atoms in total. The van der Waals surface area contributed by atoms with E-state index in [0.29, 0.717) is 12.3 Å². The Bertz CT molecular complexity index is 648. The maximum absolute atomic E-state index is 10.6. The summed E-state index contributed by atoms with van der Waals surface area (Å²) in [4.78, 5) is 10.6. The molecule has 0 saturated heterocycles. The second-order valence-electron chi connectivity index (χ2n) is 6.60. The zero-order chi connectivity index (χ0) is 16.7. The summed E-state index contributed by atoms with van der Waals surface area (Å²) in [5, 5.41) is 0. The third-order valence-corrected chi connectivity index (χ3v) is 4.85. The van der Waals surface area contributed by atoms with Crippen LogP contribution in [0.25, 0.3) is 12.2 Å². The van der Waals surface area contributed by atoms with Gasteiger partial charge in [-0.25, -0.2) is 0 Å². The highest BCUT2D eigenvalue weighted by Gasteiger charge is 2.49. The van der Waals surface area contributed by atoms with Crippen LogP contribution in [0.3, 0.4) is 0 Å². The van der Waals surface area contributed by atoms with Gasteiger partial charge in [-0.1, -0.05) is 85.0 Å². The molecule has 122 valence electrons. The second-order valence-corrected chi connectivity index (χ2v) is 6.60. The molecule has 1 heteroatoms. The first kappa shape index (κ1) is 16.4. The van der Waals surface area contributed by atoms with Gasteiger partial charge in [0.25, 0.3) is 0 Å². The monoisotopic (exact) mass is 316 g/mol. The molecule has 0 spiro atoms. The number of benzene rings is 2. The standard InChI is InChI=1S/C23H24O/c24-18-8-7-13-22-19-23(22,16-14-20-9-3-1-4-10-20)17-15-21-11-5-2-6-12-21/h1-6,9-12,14-18,22H,7-8,13,19H2/b16-14+,17-15+. The molecule has 1 atom stereocenters. The SMILES string of the molecule is O=CCCCC1CC1(/C=C/c1ccccc1)/C=C/c1ccccc1. The summed E-state index contributed by atoms with van der Waals surface area (Å²) >= 11 is 0. The molecule has 2 aromatic rings. The van der Waals surface area contributed by atoms with Crippen molar-refractivity contribution in [3.05, 3.63) is 83.9 Å². The molecule has 24 heavy (non-hydrogen) atoms. The molecule has 2 aromatic carbocycles. The van der Waals surface area contributed by atoms with Crippen LogP contribution in [0.2, 0.25) is 0 Å². The smallest absolute Gasteiger partial charge is 0.119 e. The van der Waals surface area contributed by atoms with Crippen molar-refractivity contribution in [2.75, 3.05) is 0 Å². The van der Waals surface area contributed by atoms with E-state index in [0.717, 1.165) is 19.1 Å². The highest BCUT2D eigenvalue weighted by molar-refractivity contribution is 5.56. The van der Waals surface area contributed by atoms with Crippen LogP contribution in [0, 0.1) is 11.3 Å². The third kappa shape index (κ3) is 4.32. The topological polar surface area (TPSA) is 17.1 Å². The average Bonchev–Trinajstić information content (AvgIpc) is 3.34. The Kier molecular flexibility index (Phi) is 5.43. The predicted octanol–water partition coefficient (Wildman–Crippen LogP) is 5.79. The Morgan fingerprint density at radius 1 is 0.875 bits per heavy atom. The second kappa shape index (κ2) is 7.92. The molecule has 1 saturated carbocycles. The summed E-state index contributed by atoms with van der Waals surface area (Å²) in [7, 11) is 0. The maximum atomic E-state index is 10.6. The molecule has 0 radical (unpaired) electrons.